The number of halogens is 5. The SMILES string of the molecule is C[C@@H]1CN(c2ncc(C(F)(F)F)cn2)C[C@H](C)N1C(=O)NC1CC2(C1)CN(Cc1cc(F)ccc1F)C2. The number of alkyl halides is 3. The lowest BCUT2D eigenvalue weighted by atomic mass is 9.60. The molecule has 1 aromatic carbocycles. The third kappa shape index (κ3) is 5.21. The highest BCUT2D eigenvalue weighted by Crippen LogP contribution is 2.49. The van der Waals surface area contributed by atoms with Crippen LogP contribution in [-0.4, -0.2) is 70.1 Å². The summed E-state index contributed by atoms with van der Waals surface area (Å²) >= 11 is 0. The van der Waals surface area contributed by atoms with Crippen molar-refractivity contribution in [2.45, 2.75) is 57.5 Å². The van der Waals surface area contributed by atoms with Gasteiger partial charge in [-0.2, -0.15) is 13.2 Å². The van der Waals surface area contributed by atoms with Gasteiger partial charge < -0.3 is 15.1 Å². The summed E-state index contributed by atoms with van der Waals surface area (Å²) in [6, 6.07) is 3.00. The first-order valence-corrected chi connectivity index (χ1v) is 12.3. The quantitative estimate of drug-likeness (QED) is 0.612. The van der Waals surface area contributed by atoms with E-state index < -0.39 is 23.4 Å². The van der Waals surface area contributed by atoms with Crippen LogP contribution in [0.3, 0.4) is 0 Å². The van der Waals surface area contributed by atoms with Crippen molar-refractivity contribution in [2.75, 3.05) is 31.1 Å². The molecule has 1 spiro atoms. The van der Waals surface area contributed by atoms with Crippen LogP contribution in [0.1, 0.15) is 37.8 Å². The van der Waals surface area contributed by atoms with Crippen LogP contribution < -0.4 is 10.2 Å². The molecule has 5 rings (SSSR count). The van der Waals surface area contributed by atoms with Crippen molar-refractivity contribution < 1.29 is 26.7 Å². The number of likely N-dealkylation sites (tertiary alicyclic amines) is 1. The molecule has 2 atom stereocenters. The largest absolute Gasteiger partial charge is 0.419 e. The zero-order valence-corrected chi connectivity index (χ0v) is 20.6. The molecule has 1 aromatic heterocycles. The molecule has 3 heterocycles. The van der Waals surface area contributed by atoms with E-state index in [0.29, 0.717) is 25.2 Å². The number of piperazine rings is 1. The van der Waals surface area contributed by atoms with E-state index in [9.17, 15) is 26.7 Å². The van der Waals surface area contributed by atoms with E-state index >= 15 is 0 Å². The van der Waals surface area contributed by atoms with E-state index in [2.05, 4.69) is 20.2 Å². The molecule has 2 aliphatic heterocycles. The number of aromatic nitrogens is 2. The molecular formula is C25H29F5N6O. The number of benzene rings is 1. The van der Waals surface area contributed by atoms with Gasteiger partial charge in [0.25, 0.3) is 0 Å². The standard InChI is InChI=1S/C25H29F5N6O/c1-15-10-35(22-31-8-18(9-32-22)25(28,29)30)11-16(2)36(15)23(37)33-20-6-24(7-20)13-34(14-24)12-17-5-19(26)3-4-21(17)27/h3-5,8-9,15-16,20H,6-7,10-14H2,1-2H3,(H,33,37)/t15-,16+. The Kier molecular flexibility index (Phi) is 6.49. The Morgan fingerprint density at radius 1 is 1.08 bits per heavy atom. The molecule has 200 valence electrons. The van der Waals surface area contributed by atoms with Gasteiger partial charge in [0.1, 0.15) is 11.6 Å². The summed E-state index contributed by atoms with van der Waals surface area (Å²) < 4.78 is 65.7. The Morgan fingerprint density at radius 2 is 1.70 bits per heavy atom. The second-order valence-electron chi connectivity index (χ2n) is 10.7. The maximum atomic E-state index is 13.9. The van der Waals surface area contributed by atoms with Gasteiger partial charge in [-0.15, -0.1) is 0 Å². The lowest BCUT2D eigenvalue weighted by Gasteiger charge is -2.59. The summed E-state index contributed by atoms with van der Waals surface area (Å²) in [6.07, 6.45) is -1.27. The van der Waals surface area contributed by atoms with Crippen LogP contribution >= 0.6 is 0 Å². The molecule has 0 bridgehead atoms. The van der Waals surface area contributed by atoms with Crippen LogP contribution in [0.5, 0.6) is 0 Å². The first-order valence-electron chi connectivity index (χ1n) is 12.3. The van der Waals surface area contributed by atoms with Crippen LogP contribution in [0.15, 0.2) is 30.6 Å². The van der Waals surface area contributed by atoms with Crippen LogP contribution in [-0.2, 0) is 12.7 Å². The van der Waals surface area contributed by atoms with Crippen molar-refractivity contribution in [1.29, 1.82) is 0 Å². The average molecular weight is 525 g/mol. The predicted molar refractivity (Wildman–Crippen MR) is 126 cm³/mol. The lowest BCUT2D eigenvalue weighted by molar-refractivity contribution is -0.138. The smallest absolute Gasteiger partial charge is 0.337 e. The van der Waals surface area contributed by atoms with Gasteiger partial charge in [-0.1, -0.05) is 0 Å². The number of urea groups is 1. The van der Waals surface area contributed by atoms with Crippen molar-refractivity contribution >= 4 is 12.0 Å². The van der Waals surface area contributed by atoms with E-state index in [4.69, 9.17) is 0 Å². The summed E-state index contributed by atoms with van der Waals surface area (Å²) in [4.78, 5) is 26.5. The summed E-state index contributed by atoms with van der Waals surface area (Å²) in [5.74, 6) is -0.649. The minimum atomic E-state index is -4.49. The molecule has 12 heteroatoms. The molecule has 2 saturated heterocycles. The normalized spacial score (nSPS) is 24.1. The van der Waals surface area contributed by atoms with Crippen LogP contribution in [0.4, 0.5) is 32.7 Å². The molecule has 0 radical (unpaired) electrons. The van der Waals surface area contributed by atoms with E-state index in [1.165, 1.54) is 6.07 Å². The summed E-state index contributed by atoms with van der Waals surface area (Å²) in [5, 5.41) is 3.11. The first-order chi connectivity index (χ1) is 17.4. The highest BCUT2D eigenvalue weighted by molar-refractivity contribution is 5.76. The number of rotatable bonds is 4. The fourth-order valence-electron chi connectivity index (χ4n) is 6.03. The summed E-state index contributed by atoms with van der Waals surface area (Å²) in [5.41, 5.74) is -0.440. The van der Waals surface area contributed by atoms with Crippen molar-refractivity contribution in [3.63, 3.8) is 0 Å². The van der Waals surface area contributed by atoms with Gasteiger partial charge in [-0.25, -0.2) is 23.5 Å². The number of carbonyl (C=O) groups is 1. The van der Waals surface area contributed by atoms with Crippen molar-refractivity contribution in [2.24, 2.45) is 5.41 Å². The third-order valence-corrected chi connectivity index (χ3v) is 7.61. The Balaban J connectivity index is 1.09. The Hall–Kier alpha value is -3.02. The number of amides is 2. The molecule has 3 fully saturated rings. The summed E-state index contributed by atoms with van der Waals surface area (Å²) in [7, 11) is 0. The van der Waals surface area contributed by atoms with E-state index in [-0.39, 0.29) is 35.5 Å². The molecule has 1 aliphatic carbocycles. The topological polar surface area (TPSA) is 64.6 Å². The van der Waals surface area contributed by atoms with Crippen molar-refractivity contribution in [3.05, 3.63) is 53.4 Å². The van der Waals surface area contributed by atoms with E-state index in [1.54, 1.807) is 9.80 Å². The van der Waals surface area contributed by atoms with Crippen LogP contribution in [0.25, 0.3) is 0 Å². The molecular weight excluding hydrogens is 495 g/mol. The molecule has 3 aliphatic rings. The van der Waals surface area contributed by atoms with Crippen molar-refractivity contribution in [3.8, 4) is 0 Å². The van der Waals surface area contributed by atoms with Gasteiger partial charge in [-0.05, 0) is 50.3 Å². The van der Waals surface area contributed by atoms with Gasteiger partial charge in [-0.3, -0.25) is 4.90 Å². The minimum Gasteiger partial charge on any atom is -0.337 e. The maximum Gasteiger partial charge on any atom is 0.419 e. The number of nitrogens with zero attached hydrogens (tertiary/aromatic N) is 5. The maximum absolute atomic E-state index is 13.9. The van der Waals surface area contributed by atoms with Gasteiger partial charge >= 0.3 is 12.2 Å². The number of nitrogens with one attached hydrogen (secondary N) is 1. The second-order valence-corrected chi connectivity index (χ2v) is 10.7. The third-order valence-electron chi connectivity index (χ3n) is 7.61. The molecule has 2 amide bonds. The number of anilines is 1. The zero-order chi connectivity index (χ0) is 26.5. The number of hydrogen-bond acceptors (Lipinski definition) is 5. The fourth-order valence-corrected chi connectivity index (χ4v) is 6.03. The van der Waals surface area contributed by atoms with Crippen LogP contribution in [0.2, 0.25) is 0 Å². The molecule has 7 nitrogen and oxygen atoms in total. The number of hydrogen-bond donors (Lipinski definition) is 1. The second kappa shape index (κ2) is 9.38. The monoisotopic (exact) mass is 524 g/mol. The highest BCUT2D eigenvalue weighted by atomic mass is 19.4. The average Bonchev–Trinajstić information content (AvgIpc) is 2.77. The van der Waals surface area contributed by atoms with Gasteiger partial charge in [0, 0.05) is 68.8 Å². The fraction of sp³-hybridized carbons (Fsp3) is 0.560. The molecule has 1 N–H and O–H groups in total. The molecule has 0 unspecified atom stereocenters. The van der Waals surface area contributed by atoms with E-state index in [0.717, 1.165) is 50.5 Å². The van der Waals surface area contributed by atoms with E-state index in [1.807, 2.05) is 13.8 Å². The Bertz CT molecular complexity index is 1130. The zero-order valence-electron chi connectivity index (χ0n) is 20.6. The lowest BCUT2D eigenvalue weighted by Crippen LogP contribution is -2.68. The van der Waals surface area contributed by atoms with Gasteiger partial charge in [0.05, 0.1) is 5.56 Å². The minimum absolute atomic E-state index is 0.0521. The van der Waals surface area contributed by atoms with Gasteiger partial charge in [0.2, 0.25) is 5.95 Å². The number of carbonyl (C=O) groups excluding carboxylic acids is 1. The summed E-state index contributed by atoms with van der Waals surface area (Å²) in [6.45, 7) is 6.53. The van der Waals surface area contributed by atoms with Crippen LogP contribution in [0, 0.1) is 17.0 Å². The Morgan fingerprint density at radius 3 is 2.30 bits per heavy atom. The molecule has 2 aromatic rings. The molecule has 37 heavy (non-hydrogen) atoms. The predicted octanol–water partition coefficient (Wildman–Crippen LogP) is 4.05. The van der Waals surface area contributed by atoms with Gasteiger partial charge in [0.15, 0.2) is 0 Å². The Labute approximate surface area is 211 Å². The van der Waals surface area contributed by atoms with Crippen molar-refractivity contribution in [1.82, 2.24) is 25.1 Å². The highest BCUT2D eigenvalue weighted by Gasteiger charge is 2.53. The molecule has 1 saturated carbocycles. The first kappa shape index (κ1) is 25.6.